The average molecular weight is 275 g/mol. The van der Waals surface area contributed by atoms with Gasteiger partial charge in [0, 0.05) is 0 Å². The van der Waals surface area contributed by atoms with Gasteiger partial charge in [-0.1, -0.05) is 0 Å². The van der Waals surface area contributed by atoms with Gasteiger partial charge in [-0.25, -0.2) is 9.18 Å². The first kappa shape index (κ1) is 11.8. The van der Waals surface area contributed by atoms with E-state index in [1.165, 1.54) is 13.0 Å². The Balaban J connectivity index is 3.53. The van der Waals surface area contributed by atoms with E-state index in [0.29, 0.717) is 11.1 Å². The van der Waals surface area contributed by atoms with Crippen molar-refractivity contribution in [3.8, 4) is 0 Å². The lowest BCUT2D eigenvalue weighted by Crippen LogP contribution is -2.17. The molecule has 0 unspecified atom stereocenters. The number of benzene rings is 1. The van der Waals surface area contributed by atoms with E-state index in [9.17, 15) is 14.0 Å². The molecule has 0 radical (unpaired) electrons. The highest BCUT2D eigenvalue weighted by Gasteiger charge is 2.24. The second-order valence-corrected chi connectivity index (χ2v) is 3.98. The van der Waals surface area contributed by atoms with E-state index in [4.69, 9.17) is 5.11 Å². The van der Waals surface area contributed by atoms with E-state index in [1.54, 1.807) is 6.92 Å². The maximum atomic E-state index is 13.5. The van der Waals surface area contributed by atoms with Crippen LogP contribution in [0.25, 0.3) is 0 Å². The van der Waals surface area contributed by atoms with E-state index >= 15 is 0 Å². The molecule has 0 saturated heterocycles. The first-order valence-electron chi connectivity index (χ1n) is 4.09. The van der Waals surface area contributed by atoms with Gasteiger partial charge >= 0.3 is 5.97 Å². The van der Waals surface area contributed by atoms with Crippen molar-refractivity contribution in [2.24, 2.45) is 0 Å². The number of aliphatic carboxylic acids is 1. The SMILES string of the molecule is Cc1cc(Br)c(F)c(C(=O)C(=O)O)c1C. The molecule has 0 spiro atoms. The maximum absolute atomic E-state index is 13.5. The predicted molar refractivity (Wildman–Crippen MR) is 55.5 cm³/mol. The zero-order chi connectivity index (χ0) is 11.7. The van der Waals surface area contributed by atoms with Crippen LogP contribution in [0.15, 0.2) is 10.5 Å². The molecular weight excluding hydrogens is 267 g/mol. The van der Waals surface area contributed by atoms with E-state index < -0.39 is 17.6 Å². The summed E-state index contributed by atoms with van der Waals surface area (Å²) in [6.07, 6.45) is 0. The standard InChI is InChI=1S/C10H8BrFO3/c1-4-3-6(11)8(12)7(5(4)2)9(13)10(14)15/h3H,1-2H3,(H,14,15). The number of rotatable bonds is 2. The minimum Gasteiger partial charge on any atom is -0.475 e. The average Bonchev–Trinajstić information content (AvgIpc) is 2.15. The zero-order valence-corrected chi connectivity index (χ0v) is 9.68. The number of ketones is 1. The third-order valence-corrected chi connectivity index (χ3v) is 2.74. The number of halogens is 2. The quantitative estimate of drug-likeness (QED) is 0.666. The Kier molecular flexibility index (Phi) is 3.24. The van der Waals surface area contributed by atoms with Gasteiger partial charge in [-0.2, -0.15) is 0 Å². The number of Topliss-reactive ketones (excluding diaryl/α,β-unsaturated/α-hetero) is 1. The molecule has 0 heterocycles. The van der Waals surface area contributed by atoms with Crippen molar-refractivity contribution in [2.45, 2.75) is 13.8 Å². The number of carboxylic acid groups (broad SMARTS) is 1. The molecule has 1 aromatic carbocycles. The lowest BCUT2D eigenvalue weighted by molar-refractivity contribution is -0.131. The van der Waals surface area contributed by atoms with Crippen LogP contribution in [-0.4, -0.2) is 16.9 Å². The third kappa shape index (κ3) is 2.07. The predicted octanol–water partition coefficient (Wildman–Crippen LogP) is 2.47. The Morgan fingerprint density at radius 2 is 1.93 bits per heavy atom. The molecule has 0 aliphatic carbocycles. The lowest BCUT2D eigenvalue weighted by Gasteiger charge is -2.08. The van der Waals surface area contributed by atoms with Crippen molar-refractivity contribution in [1.29, 1.82) is 0 Å². The monoisotopic (exact) mass is 274 g/mol. The van der Waals surface area contributed by atoms with Gasteiger partial charge in [0.2, 0.25) is 0 Å². The van der Waals surface area contributed by atoms with E-state index in [-0.39, 0.29) is 10.0 Å². The van der Waals surface area contributed by atoms with Gasteiger partial charge in [0.15, 0.2) is 0 Å². The molecule has 1 rings (SSSR count). The Bertz CT molecular complexity index is 428. The van der Waals surface area contributed by atoms with Gasteiger partial charge in [0.1, 0.15) is 5.82 Å². The summed E-state index contributed by atoms with van der Waals surface area (Å²) >= 11 is 2.93. The lowest BCUT2D eigenvalue weighted by atomic mass is 9.99. The fourth-order valence-electron chi connectivity index (χ4n) is 1.22. The number of aryl methyl sites for hydroxylation is 1. The molecule has 0 aliphatic heterocycles. The smallest absolute Gasteiger partial charge is 0.377 e. The molecule has 0 aliphatic rings. The first-order valence-corrected chi connectivity index (χ1v) is 4.88. The Labute approximate surface area is 94.0 Å². The molecule has 80 valence electrons. The Hall–Kier alpha value is -1.23. The van der Waals surface area contributed by atoms with Crippen LogP contribution in [0.5, 0.6) is 0 Å². The van der Waals surface area contributed by atoms with Gasteiger partial charge in [0.25, 0.3) is 5.78 Å². The van der Waals surface area contributed by atoms with Crippen molar-refractivity contribution in [3.63, 3.8) is 0 Å². The summed E-state index contributed by atoms with van der Waals surface area (Å²) in [7, 11) is 0. The van der Waals surface area contributed by atoms with Crippen LogP contribution in [0.1, 0.15) is 21.5 Å². The molecule has 0 fully saturated rings. The second-order valence-electron chi connectivity index (χ2n) is 3.12. The second kappa shape index (κ2) is 4.10. The minimum atomic E-state index is -1.66. The normalized spacial score (nSPS) is 10.1. The number of carbonyl (C=O) groups is 2. The van der Waals surface area contributed by atoms with Crippen molar-refractivity contribution in [2.75, 3.05) is 0 Å². The van der Waals surface area contributed by atoms with Gasteiger partial charge < -0.3 is 5.11 Å². The third-order valence-electron chi connectivity index (χ3n) is 2.16. The molecule has 1 aromatic rings. The summed E-state index contributed by atoms with van der Waals surface area (Å²) in [5.41, 5.74) is 0.630. The molecule has 0 aromatic heterocycles. The van der Waals surface area contributed by atoms with Crippen molar-refractivity contribution in [1.82, 2.24) is 0 Å². The van der Waals surface area contributed by atoms with Gasteiger partial charge in [-0.15, -0.1) is 0 Å². The highest BCUT2D eigenvalue weighted by molar-refractivity contribution is 9.10. The summed E-state index contributed by atoms with van der Waals surface area (Å²) < 4.78 is 13.6. The molecule has 0 atom stereocenters. The van der Waals surface area contributed by atoms with Gasteiger partial charge in [0.05, 0.1) is 10.0 Å². The summed E-state index contributed by atoms with van der Waals surface area (Å²) in [5, 5.41) is 8.53. The zero-order valence-electron chi connectivity index (χ0n) is 8.10. The maximum Gasteiger partial charge on any atom is 0.377 e. The van der Waals surface area contributed by atoms with Gasteiger partial charge in [-0.05, 0) is 47.0 Å². The molecule has 0 saturated carbocycles. The van der Waals surface area contributed by atoms with E-state index in [0.717, 1.165) is 0 Å². The van der Waals surface area contributed by atoms with Crippen LogP contribution in [0.2, 0.25) is 0 Å². The van der Waals surface area contributed by atoms with Crippen molar-refractivity contribution in [3.05, 3.63) is 33.0 Å². The van der Waals surface area contributed by atoms with Crippen molar-refractivity contribution >= 4 is 27.7 Å². The van der Waals surface area contributed by atoms with Crippen LogP contribution in [0.3, 0.4) is 0 Å². The number of hydrogen-bond acceptors (Lipinski definition) is 2. The Morgan fingerprint density at radius 3 is 2.40 bits per heavy atom. The van der Waals surface area contributed by atoms with Crippen LogP contribution in [0, 0.1) is 19.7 Å². The molecule has 5 heteroatoms. The topological polar surface area (TPSA) is 54.4 Å². The highest BCUT2D eigenvalue weighted by atomic mass is 79.9. The molecule has 3 nitrogen and oxygen atoms in total. The van der Waals surface area contributed by atoms with Crippen LogP contribution >= 0.6 is 15.9 Å². The minimum absolute atomic E-state index is 0.0928. The fourth-order valence-corrected chi connectivity index (χ4v) is 1.76. The summed E-state index contributed by atoms with van der Waals surface area (Å²) in [5.74, 6) is -3.71. The van der Waals surface area contributed by atoms with Crippen LogP contribution < -0.4 is 0 Å². The summed E-state index contributed by atoms with van der Waals surface area (Å²) in [4.78, 5) is 21.7. The van der Waals surface area contributed by atoms with Gasteiger partial charge in [-0.3, -0.25) is 4.79 Å². The first-order chi connectivity index (χ1) is 6.86. The Morgan fingerprint density at radius 1 is 1.40 bits per heavy atom. The summed E-state index contributed by atoms with van der Waals surface area (Å²) in [6, 6.07) is 1.50. The highest BCUT2D eigenvalue weighted by Crippen LogP contribution is 2.25. The van der Waals surface area contributed by atoms with Crippen LogP contribution in [-0.2, 0) is 4.79 Å². The molecule has 0 amide bonds. The fraction of sp³-hybridized carbons (Fsp3) is 0.200. The van der Waals surface area contributed by atoms with Crippen LogP contribution in [0.4, 0.5) is 4.39 Å². The molecular formula is C10H8BrFO3. The largest absolute Gasteiger partial charge is 0.475 e. The number of carboxylic acids is 1. The summed E-state index contributed by atoms with van der Waals surface area (Å²) in [6.45, 7) is 3.19. The molecule has 0 bridgehead atoms. The number of hydrogen-bond donors (Lipinski definition) is 1. The number of carbonyl (C=O) groups excluding carboxylic acids is 1. The molecule has 15 heavy (non-hydrogen) atoms. The van der Waals surface area contributed by atoms with E-state index in [1.807, 2.05) is 0 Å². The van der Waals surface area contributed by atoms with Crippen molar-refractivity contribution < 1.29 is 19.1 Å². The molecule has 1 N–H and O–H groups in total. The van der Waals surface area contributed by atoms with E-state index in [2.05, 4.69) is 15.9 Å².